The molecule has 2 N–H and O–H groups in total. The third kappa shape index (κ3) is 1.46. The molecule has 0 saturated carbocycles. The lowest BCUT2D eigenvalue weighted by Gasteiger charge is -2.35. The van der Waals surface area contributed by atoms with E-state index in [4.69, 9.17) is 0 Å². The van der Waals surface area contributed by atoms with E-state index >= 15 is 0 Å². The third-order valence-electron chi connectivity index (χ3n) is 3.87. The molecule has 3 nitrogen and oxygen atoms in total. The molecule has 1 aromatic carbocycles. The van der Waals surface area contributed by atoms with E-state index in [0.29, 0.717) is 0 Å². The molecule has 0 spiro atoms. The van der Waals surface area contributed by atoms with Crippen molar-refractivity contribution in [2.24, 2.45) is 5.92 Å². The Kier molecular flexibility index (Phi) is 2.21. The van der Waals surface area contributed by atoms with Crippen LogP contribution in [0.3, 0.4) is 0 Å². The minimum absolute atomic E-state index is 0.154. The Balaban J connectivity index is 2.12. The number of hydrogen-bond donors (Lipinski definition) is 2. The molecule has 0 fully saturated rings. The Bertz CT molecular complexity index is 507. The van der Waals surface area contributed by atoms with Crippen LogP contribution in [0.2, 0.25) is 0 Å². The molecule has 3 rings (SSSR count). The minimum Gasteiger partial charge on any atom is -0.480 e. The van der Waals surface area contributed by atoms with E-state index in [2.05, 4.69) is 23.5 Å². The van der Waals surface area contributed by atoms with Gasteiger partial charge in [0, 0.05) is 17.5 Å². The van der Waals surface area contributed by atoms with Gasteiger partial charge in [-0.05, 0) is 24.5 Å². The molecule has 0 saturated heterocycles. The maximum atomic E-state index is 11.3. The van der Waals surface area contributed by atoms with Crippen LogP contribution in [0.1, 0.15) is 23.5 Å². The minimum atomic E-state index is -0.752. The molecule has 1 aromatic rings. The molecule has 0 amide bonds. The van der Waals surface area contributed by atoms with Crippen molar-refractivity contribution >= 4 is 11.7 Å². The first-order chi connectivity index (χ1) is 8.18. The van der Waals surface area contributed by atoms with Gasteiger partial charge in [-0.2, -0.15) is 0 Å². The van der Waals surface area contributed by atoms with Gasteiger partial charge in [-0.3, -0.25) is 0 Å². The predicted molar refractivity (Wildman–Crippen MR) is 66.2 cm³/mol. The monoisotopic (exact) mass is 229 g/mol. The second-order valence-corrected chi connectivity index (χ2v) is 4.85. The van der Waals surface area contributed by atoms with Gasteiger partial charge >= 0.3 is 5.97 Å². The number of benzene rings is 1. The molecule has 3 heteroatoms. The van der Waals surface area contributed by atoms with Crippen LogP contribution in [0.4, 0.5) is 5.69 Å². The van der Waals surface area contributed by atoms with Crippen LogP contribution < -0.4 is 5.32 Å². The highest BCUT2D eigenvalue weighted by Crippen LogP contribution is 2.45. The van der Waals surface area contributed by atoms with Gasteiger partial charge in [0.25, 0.3) is 0 Å². The first-order valence-corrected chi connectivity index (χ1v) is 5.94. The highest BCUT2D eigenvalue weighted by atomic mass is 16.4. The zero-order valence-corrected chi connectivity index (χ0v) is 9.68. The fourth-order valence-electron chi connectivity index (χ4n) is 3.02. The summed E-state index contributed by atoms with van der Waals surface area (Å²) in [5.41, 5.74) is 3.36. The molecule has 1 aliphatic heterocycles. The number of aryl methyl sites for hydroxylation is 1. The van der Waals surface area contributed by atoms with Crippen LogP contribution >= 0.6 is 0 Å². The molecule has 2 aliphatic rings. The Labute approximate surface area is 100 Å². The summed E-state index contributed by atoms with van der Waals surface area (Å²) in [5.74, 6) is -0.341. The first kappa shape index (κ1) is 10.4. The Morgan fingerprint density at radius 3 is 3.06 bits per heavy atom. The van der Waals surface area contributed by atoms with E-state index in [0.717, 1.165) is 17.7 Å². The summed E-state index contributed by atoms with van der Waals surface area (Å²) in [4.78, 5) is 11.3. The maximum Gasteiger partial charge on any atom is 0.326 e. The summed E-state index contributed by atoms with van der Waals surface area (Å²) in [6.45, 7) is 2.02. The van der Waals surface area contributed by atoms with Crippen LogP contribution in [-0.2, 0) is 4.79 Å². The lowest BCUT2D eigenvalue weighted by Crippen LogP contribution is -2.42. The molecule has 3 atom stereocenters. The number of fused-ring (bicyclic) bond motifs is 3. The lowest BCUT2D eigenvalue weighted by molar-refractivity contribution is -0.139. The van der Waals surface area contributed by atoms with Crippen LogP contribution in [0.25, 0.3) is 0 Å². The normalized spacial score (nSPS) is 29.4. The highest BCUT2D eigenvalue weighted by Gasteiger charge is 2.40. The van der Waals surface area contributed by atoms with Crippen molar-refractivity contribution in [1.29, 1.82) is 0 Å². The third-order valence-corrected chi connectivity index (χ3v) is 3.87. The maximum absolute atomic E-state index is 11.3. The molecule has 1 aliphatic carbocycles. The smallest absolute Gasteiger partial charge is 0.326 e. The molecule has 88 valence electrons. The van der Waals surface area contributed by atoms with Crippen LogP contribution in [0, 0.1) is 12.8 Å². The largest absolute Gasteiger partial charge is 0.480 e. The molecule has 0 radical (unpaired) electrons. The highest BCUT2D eigenvalue weighted by molar-refractivity contribution is 5.81. The average molecular weight is 229 g/mol. The summed E-state index contributed by atoms with van der Waals surface area (Å²) in [7, 11) is 0. The number of carbonyl (C=O) groups is 1. The molecule has 17 heavy (non-hydrogen) atoms. The number of para-hydroxylation sites is 1. The zero-order chi connectivity index (χ0) is 12.0. The number of anilines is 1. The van der Waals surface area contributed by atoms with Crippen LogP contribution in [0.5, 0.6) is 0 Å². The topological polar surface area (TPSA) is 49.3 Å². The van der Waals surface area contributed by atoms with E-state index in [1.165, 1.54) is 5.56 Å². The van der Waals surface area contributed by atoms with Gasteiger partial charge in [-0.25, -0.2) is 4.79 Å². The molecule has 0 bridgehead atoms. The number of allylic oxidation sites excluding steroid dienone is 2. The van der Waals surface area contributed by atoms with E-state index in [1.54, 1.807) is 0 Å². The van der Waals surface area contributed by atoms with Gasteiger partial charge in [0.15, 0.2) is 0 Å². The summed E-state index contributed by atoms with van der Waals surface area (Å²) in [5, 5.41) is 12.5. The van der Waals surface area contributed by atoms with E-state index in [1.807, 2.05) is 19.1 Å². The van der Waals surface area contributed by atoms with Gasteiger partial charge < -0.3 is 10.4 Å². The van der Waals surface area contributed by atoms with Crippen molar-refractivity contribution in [3.8, 4) is 0 Å². The van der Waals surface area contributed by atoms with Crippen molar-refractivity contribution < 1.29 is 9.90 Å². The quantitative estimate of drug-likeness (QED) is 0.727. The summed E-state index contributed by atoms with van der Waals surface area (Å²) >= 11 is 0. The van der Waals surface area contributed by atoms with Gasteiger partial charge in [-0.15, -0.1) is 0 Å². The fourth-order valence-corrected chi connectivity index (χ4v) is 3.02. The molecule has 1 heterocycles. The average Bonchev–Trinajstić information content (AvgIpc) is 2.77. The van der Waals surface area contributed by atoms with Crippen molar-refractivity contribution in [2.75, 3.05) is 5.32 Å². The van der Waals surface area contributed by atoms with E-state index in [9.17, 15) is 9.90 Å². The Morgan fingerprint density at radius 1 is 1.47 bits per heavy atom. The van der Waals surface area contributed by atoms with Crippen LogP contribution in [-0.4, -0.2) is 17.1 Å². The van der Waals surface area contributed by atoms with Gasteiger partial charge in [0.1, 0.15) is 6.04 Å². The predicted octanol–water partition coefficient (Wildman–Crippen LogP) is 2.53. The van der Waals surface area contributed by atoms with Crippen molar-refractivity contribution in [3.05, 3.63) is 41.5 Å². The molecular weight excluding hydrogens is 214 g/mol. The van der Waals surface area contributed by atoms with Crippen molar-refractivity contribution in [3.63, 3.8) is 0 Å². The van der Waals surface area contributed by atoms with Gasteiger partial charge in [-0.1, -0.05) is 30.4 Å². The summed E-state index contributed by atoms with van der Waals surface area (Å²) in [6, 6.07) is 5.69. The van der Waals surface area contributed by atoms with E-state index in [-0.39, 0.29) is 11.8 Å². The summed E-state index contributed by atoms with van der Waals surface area (Å²) in [6.07, 6.45) is 5.10. The molecule has 0 aromatic heterocycles. The molecule has 0 unspecified atom stereocenters. The van der Waals surface area contributed by atoms with Gasteiger partial charge in [0.2, 0.25) is 0 Å². The Morgan fingerprint density at radius 2 is 2.29 bits per heavy atom. The second kappa shape index (κ2) is 3.62. The lowest BCUT2D eigenvalue weighted by atomic mass is 9.78. The van der Waals surface area contributed by atoms with Crippen molar-refractivity contribution in [1.82, 2.24) is 0 Å². The molecular formula is C14H15NO2. The summed E-state index contributed by atoms with van der Waals surface area (Å²) < 4.78 is 0. The van der Waals surface area contributed by atoms with E-state index < -0.39 is 12.0 Å². The number of hydrogen-bond acceptors (Lipinski definition) is 2. The Hall–Kier alpha value is -1.77. The number of aliphatic carboxylic acids is 1. The SMILES string of the molecule is Cc1cccc2c1N[C@@H](C(=O)O)[C@@H]1CC=C[C@H]21. The standard InChI is InChI=1S/C14H15NO2/c1-8-4-2-6-10-9-5-3-7-11(9)13(14(16)17)15-12(8)10/h2-6,9,11,13,15H,7H2,1H3,(H,16,17)/t9-,11-,13-/m1/s1. The van der Waals surface area contributed by atoms with Crippen LogP contribution in [0.15, 0.2) is 30.4 Å². The number of carboxylic acid groups (broad SMARTS) is 1. The number of rotatable bonds is 1. The van der Waals surface area contributed by atoms with Crippen molar-refractivity contribution in [2.45, 2.75) is 25.3 Å². The first-order valence-electron chi connectivity index (χ1n) is 5.94. The second-order valence-electron chi connectivity index (χ2n) is 4.85. The number of nitrogens with one attached hydrogen (secondary N) is 1. The van der Waals surface area contributed by atoms with Gasteiger partial charge in [0.05, 0.1) is 0 Å². The fraction of sp³-hybridized carbons (Fsp3) is 0.357. The zero-order valence-electron chi connectivity index (χ0n) is 9.68. The number of carboxylic acids is 1.